The van der Waals surface area contributed by atoms with Gasteiger partial charge >= 0.3 is 0 Å². The van der Waals surface area contributed by atoms with Gasteiger partial charge in [0.25, 0.3) is 0 Å². The average Bonchev–Trinajstić information content (AvgIpc) is 2.41. The van der Waals surface area contributed by atoms with E-state index < -0.39 is 0 Å². The largest absolute Gasteiger partial charge is 0.373 e. The molecule has 1 aliphatic rings. The van der Waals surface area contributed by atoms with Crippen LogP contribution in [0.1, 0.15) is 48.5 Å². The highest BCUT2D eigenvalue weighted by molar-refractivity contribution is 4.85. The zero-order valence-corrected chi connectivity index (χ0v) is 12.4. The standard InChI is InChI=1S/C14H28O3/c1-10-8-15-11(9-16-13(2,3)4)12(10)17-14(5,6)7/h10-12H,8-9H2,1-7H3/t10?,11-,12-/m1/s1. The number of hydrogen-bond donors (Lipinski definition) is 0. The molecule has 3 nitrogen and oxygen atoms in total. The van der Waals surface area contributed by atoms with Gasteiger partial charge in [-0.1, -0.05) is 6.92 Å². The van der Waals surface area contributed by atoms with Crippen LogP contribution in [-0.4, -0.2) is 36.6 Å². The maximum Gasteiger partial charge on any atom is 0.107 e. The Morgan fingerprint density at radius 1 is 1.06 bits per heavy atom. The van der Waals surface area contributed by atoms with Crippen LogP contribution < -0.4 is 0 Å². The number of ether oxygens (including phenoxy) is 3. The molecule has 17 heavy (non-hydrogen) atoms. The Balaban J connectivity index is 2.53. The van der Waals surface area contributed by atoms with Crippen molar-refractivity contribution in [3.8, 4) is 0 Å². The topological polar surface area (TPSA) is 27.7 Å². The average molecular weight is 244 g/mol. The van der Waals surface area contributed by atoms with Crippen molar-refractivity contribution in [1.82, 2.24) is 0 Å². The molecular weight excluding hydrogens is 216 g/mol. The normalized spacial score (nSPS) is 30.9. The molecule has 1 fully saturated rings. The smallest absolute Gasteiger partial charge is 0.107 e. The zero-order chi connectivity index (χ0) is 13.3. The monoisotopic (exact) mass is 244 g/mol. The first-order valence-corrected chi connectivity index (χ1v) is 6.52. The predicted octanol–water partition coefficient (Wildman–Crippen LogP) is 3.02. The summed E-state index contributed by atoms with van der Waals surface area (Å²) in [6.07, 6.45) is 0.195. The summed E-state index contributed by atoms with van der Waals surface area (Å²) in [7, 11) is 0. The molecule has 1 saturated heterocycles. The second-order valence-corrected chi connectivity index (χ2v) is 6.97. The zero-order valence-electron chi connectivity index (χ0n) is 12.4. The molecule has 0 radical (unpaired) electrons. The molecule has 102 valence electrons. The van der Waals surface area contributed by atoms with Gasteiger partial charge in [-0.3, -0.25) is 0 Å². The van der Waals surface area contributed by atoms with Gasteiger partial charge in [-0.05, 0) is 41.5 Å². The van der Waals surface area contributed by atoms with E-state index in [0.717, 1.165) is 6.61 Å². The molecule has 0 saturated carbocycles. The first-order valence-electron chi connectivity index (χ1n) is 6.52. The first-order chi connectivity index (χ1) is 7.58. The third-order valence-corrected chi connectivity index (χ3v) is 2.67. The second kappa shape index (κ2) is 5.25. The van der Waals surface area contributed by atoms with Crippen molar-refractivity contribution in [2.75, 3.05) is 13.2 Å². The van der Waals surface area contributed by atoms with E-state index in [1.165, 1.54) is 0 Å². The Labute approximate surface area is 106 Å². The van der Waals surface area contributed by atoms with Gasteiger partial charge in [-0.2, -0.15) is 0 Å². The molecule has 1 heterocycles. The maximum atomic E-state index is 6.08. The van der Waals surface area contributed by atoms with Crippen LogP contribution >= 0.6 is 0 Å². The fourth-order valence-corrected chi connectivity index (χ4v) is 1.91. The van der Waals surface area contributed by atoms with Crippen molar-refractivity contribution in [2.24, 2.45) is 5.92 Å². The van der Waals surface area contributed by atoms with Crippen LogP contribution in [-0.2, 0) is 14.2 Å². The van der Waals surface area contributed by atoms with Crippen LogP contribution in [0.3, 0.4) is 0 Å². The van der Waals surface area contributed by atoms with Crippen molar-refractivity contribution in [3.63, 3.8) is 0 Å². The molecule has 0 aromatic heterocycles. The molecule has 3 heteroatoms. The predicted molar refractivity (Wildman–Crippen MR) is 69.2 cm³/mol. The lowest BCUT2D eigenvalue weighted by Crippen LogP contribution is -2.39. The summed E-state index contributed by atoms with van der Waals surface area (Å²) < 4.78 is 17.7. The van der Waals surface area contributed by atoms with Crippen LogP contribution in [0, 0.1) is 5.92 Å². The van der Waals surface area contributed by atoms with Gasteiger partial charge in [0.1, 0.15) is 6.10 Å². The van der Waals surface area contributed by atoms with E-state index in [1.807, 2.05) is 0 Å². The Kier molecular flexibility index (Phi) is 4.61. The summed E-state index contributed by atoms with van der Waals surface area (Å²) in [5.41, 5.74) is -0.256. The molecule has 0 spiro atoms. The van der Waals surface area contributed by atoms with Crippen LogP contribution in [0.4, 0.5) is 0 Å². The van der Waals surface area contributed by atoms with Gasteiger partial charge < -0.3 is 14.2 Å². The Morgan fingerprint density at radius 2 is 1.65 bits per heavy atom. The maximum absolute atomic E-state index is 6.08. The van der Waals surface area contributed by atoms with Crippen LogP contribution in [0.15, 0.2) is 0 Å². The fourth-order valence-electron chi connectivity index (χ4n) is 1.91. The second-order valence-electron chi connectivity index (χ2n) is 6.97. The van der Waals surface area contributed by atoms with Crippen molar-refractivity contribution in [3.05, 3.63) is 0 Å². The summed E-state index contributed by atoms with van der Waals surface area (Å²) >= 11 is 0. The van der Waals surface area contributed by atoms with E-state index in [0.29, 0.717) is 12.5 Å². The van der Waals surface area contributed by atoms with Gasteiger partial charge in [0, 0.05) is 5.92 Å². The van der Waals surface area contributed by atoms with Crippen LogP contribution in [0.5, 0.6) is 0 Å². The van der Waals surface area contributed by atoms with E-state index in [2.05, 4.69) is 48.5 Å². The first kappa shape index (κ1) is 14.9. The minimum Gasteiger partial charge on any atom is -0.373 e. The lowest BCUT2D eigenvalue weighted by molar-refractivity contribution is -0.128. The van der Waals surface area contributed by atoms with Crippen molar-refractivity contribution in [1.29, 1.82) is 0 Å². The van der Waals surface area contributed by atoms with Crippen LogP contribution in [0.25, 0.3) is 0 Å². The molecule has 1 rings (SSSR count). The quantitative estimate of drug-likeness (QED) is 0.764. The molecule has 0 aromatic carbocycles. The van der Waals surface area contributed by atoms with Crippen molar-refractivity contribution < 1.29 is 14.2 Å². The van der Waals surface area contributed by atoms with E-state index in [4.69, 9.17) is 14.2 Å². The van der Waals surface area contributed by atoms with Gasteiger partial charge in [-0.15, -0.1) is 0 Å². The fraction of sp³-hybridized carbons (Fsp3) is 1.00. The summed E-state index contributed by atoms with van der Waals surface area (Å²) in [4.78, 5) is 0. The molecule has 1 unspecified atom stereocenters. The molecule has 1 aliphatic heterocycles. The molecule has 0 aromatic rings. The molecule has 0 amide bonds. The Morgan fingerprint density at radius 3 is 2.12 bits per heavy atom. The number of rotatable bonds is 3. The highest BCUT2D eigenvalue weighted by Gasteiger charge is 2.38. The molecular formula is C14H28O3. The highest BCUT2D eigenvalue weighted by atomic mass is 16.6. The van der Waals surface area contributed by atoms with Gasteiger partial charge in [0.2, 0.25) is 0 Å². The van der Waals surface area contributed by atoms with Crippen LogP contribution in [0.2, 0.25) is 0 Å². The summed E-state index contributed by atoms with van der Waals surface area (Å²) in [5, 5.41) is 0. The Bertz CT molecular complexity index is 237. The summed E-state index contributed by atoms with van der Waals surface area (Å²) in [6.45, 7) is 16.0. The summed E-state index contributed by atoms with van der Waals surface area (Å²) in [6, 6.07) is 0. The van der Waals surface area contributed by atoms with E-state index in [-0.39, 0.29) is 23.4 Å². The van der Waals surface area contributed by atoms with Gasteiger partial charge in [-0.25, -0.2) is 0 Å². The van der Waals surface area contributed by atoms with E-state index in [9.17, 15) is 0 Å². The minimum atomic E-state index is -0.132. The lowest BCUT2D eigenvalue weighted by Gasteiger charge is -2.31. The SMILES string of the molecule is CC1CO[C@H](COC(C)(C)C)[C@@H]1OC(C)(C)C. The number of hydrogen-bond acceptors (Lipinski definition) is 3. The molecule has 0 bridgehead atoms. The molecule has 3 atom stereocenters. The third kappa shape index (κ3) is 5.36. The minimum absolute atomic E-state index is 0.0588. The highest BCUT2D eigenvalue weighted by Crippen LogP contribution is 2.28. The van der Waals surface area contributed by atoms with Gasteiger partial charge in [0.15, 0.2) is 0 Å². The van der Waals surface area contributed by atoms with E-state index in [1.54, 1.807) is 0 Å². The molecule has 0 N–H and O–H groups in total. The van der Waals surface area contributed by atoms with Gasteiger partial charge in [0.05, 0.1) is 30.5 Å². The van der Waals surface area contributed by atoms with Crippen molar-refractivity contribution >= 4 is 0 Å². The lowest BCUT2D eigenvalue weighted by atomic mass is 10.0. The molecule has 0 aliphatic carbocycles. The van der Waals surface area contributed by atoms with Crippen molar-refractivity contribution in [2.45, 2.75) is 71.9 Å². The Hall–Kier alpha value is -0.120. The van der Waals surface area contributed by atoms with E-state index >= 15 is 0 Å². The summed E-state index contributed by atoms with van der Waals surface area (Å²) in [5.74, 6) is 0.433. The third-order valence-electron chi connectivity index (χ3n) is 2.67.